The van der Waals surface area contributed by atoms with Crippen LogP contribution in [-0.2, 0) is 9.53 Å². The molecule has 2 aromatic carbocycles. The first kappa shape index (κ1) is 25.6. The number of allylic oxidation sites excluding steroid dienone is 1. The van der Waals surface area contributed by atoms with Crippen molar-refractivity contribution in [1.29, 1.82) is 0 Å². The Morgan fingerprint density at radius 1 is 1.29 bits per heavy atom. The third kappa shape index (κ3) is 4.96. The number of aromatic nitrogens is 1. The van der Waals surface area contributed by atoms with Crippen LogP contribution in [0.1, 0.15) is 37.9 Å². The summed E-state index contributed by atoms with van der Waals surface area (Å²) in [5.41, 5.74) is 1.61. The molecule has 182 valence electrons. The molecule has 3 aromatic rings. The van der Waals surface area contributed by atoms with Crippen LogP contribution in [0, 0.1) is 3.57 Å². The number of hydrogen-bond donors (Lipinski definition) is 1. The highest BCUT2D eigenvalue weighted by Crippen LogP contribution is 2.36. The molecule has 35 heavy (non-hydrogen) atoms. The van der Waals surface area contributed by atoms with E-state index in [1.54, 1.807) is 32.1 Å². The fourth-order valence-corrected chi connectivity index (χ4v) is 6.50. The molecule has 1 aliphatic heterocycles. The number of phenolic OH excluding ortho intramolecular Hbond substituents is 1. The Labute approximate surface area is 227 Å². The topological polar surface area (TPSA) is 90.1 Å². The van der Waals surface area contributed by atoms with Crippen molar-refractivity contribution in [2.24, 2.45) is 4.99 Å². The van der Waals surface area contributed by atoms with Crippen molar-refractivity contribution in [2.75, 3.05) is 13.2 Å². The number of hydrogen-bond acceptors (Lipinski definition) is 7. The molecule has 0 unspecified atom stereocenters. The van der Waals surface area contributed by atoms with Crippen molar-refractivity contribution < 1.29 is 19.4 Å². The molecule has 0 spiro atoms. The van der Waals surface area contributed by atoms with E-state index in [0.717, 1.165) is 4.47 Å². The first-order valence-electron chi connectivity index (χ1n) is 10.9. The van der Waals surface area contributed by atoms with Gasteiger partial charge in [0.2, 0.25) is 0 Å². The summed E-state index contributed by atoms with van der Waals surface area (Å²) in [6.45, 7) is 5.97. The summed E-state index contributed by atoms with van der Waals surface area (Å²) in [5.74, 6) is 0.130. The van der Waals surface area contributed by atoms with Crippen LogP contribution in [0.15, 0.2) is 61.9 Å². The number of para-hydroxylation sites is 1. The van der Waals surface area contributed by atoms with Gasteiger partial charge in [0.25, 0.3) is 5.56 Å². The molecule has 1 N–H and O–H groups in total. The number of carbonyl (C=O) groups is 1. The predicted molar refractivity (Wildman–Crippen MR) is 147 cm³/mol. The van der Waals surface area contributed by atoms with E-state index in [1.165, 1.54) is 15.9 Å². The lowest BCUT2D eigenvalue weighted by molar-refractivity contribution is -0.139. The second kappa shape index (κ2) is 10.7. The first-order valence-corrected chi connectivity index (χ1v) is 13.5. The van der Waals surface area contributed by atoms with Gasteiger partial charge in [0.05, 0.1) is 32.6 Å². The molecule has 0 radical (unpaired) electrons. The van der Waals surface area contributed by atoms with Gasteiger partial charge in [-0.25, -0.2) is 9.79 Å². The summed E-state index contributed by atoms with van der Waals surface area (Å²) >= 11 is 6.67. The molecular formula is C25H22BrIN2O5S. The van der Waals surface area contributed by atoms with Crippen LogP contribution in [-0.4, -0.2) is 28.9 Å². The summed E-state index contributed by atoms with van der Waals surface area (Å²) < 4.78 is 14.5. The Balaban J connectivity index is 2.01. The minimum Gasteiger partial charge on any atom is -0.506 e. The number of aromatic hydroxyl groups is 1. The van der Waals surface area contributed by atoms with Crippen molar-refractivity contribution in [2.45, 2.75) is 26.8 Å². The Morgan fingerprint density at radius 3 is 2.74 bits per heavy atom. The number of nitrogens with zero attached hydrogens (tertiary/aromatic N) is 2. The van der Waals surface area contributed by atoms with Crippen molar-refractivity contribution in [3.05, 3.63) is 86.5 Å². The van der Waals surface area contributed by atoms with Crippen molar-refractivity contribution in [1.82, 2.24) is 4.57 Å². The monoisotopic (exact) mass is 668 g/mol. The largest absolute Gasteiger partial charge is 0.506 e. The fraction of sp³-hybridized carbons (Fsp3) is 0.240. The summed E-state index contributed by atoms with van der Waals surface area (Å²) in [5, 5.41) is 10.5. The average molecular weight is 669 g/mol. The number of esters is 1. The number of rotatable bonds is 6. The maximum atomic E-state index is 13.8. The van der Waals surface area contributed by atoms with Crippen LogP contribution in [0.4, 0.5) is 0 Å². The Kier molecular flexibility index (Phi) is 7.82. The third-order valence-corrected chi connectivity index (χ3v) is 7.64. The fourth-order valence-electron chi connectivity index (χ4n) is 3.92. The molecule has 0 aliphatic carbocycles. The molecule has 0 fully saturated rings. The van der Waals surface area contributed by atoms with E-state index in [9.17, 15) is 14.7 Å². The summed E-state index contributed by atoms with van der Waals surface area (Å²) in [7, 11) is 0. The third-order valence-electron chi connectivity index (χ3n) is 5.37. The van der Waals surface area contributed by atoms with Gasteiger partial charge in [-0.2, -0.15) is 0 Å². The number of carbonyl (C=O) groups excluding carboxylic acids is 1. The smallest absolute Gasteiger partial charge is 0.338 e. The zero-order valence-corrected chi connectivity index (χ0v) is 23.7. The molecule has 0 saturated carbocycles. The minimum absolute atomic E-state index is 0.0845. The molecule has 0 saturated heterocycles. The van der Waals surface area contributed by atoms with Crippen molar-refractivity contribution in [3.8, 4) is 11.5 Å². The number of halogens is 2. The second-order valence-corrected chi connectivity index (χ2v) is 10.7. The lowest BCUT2D eigenvalue weighted by atomic mass is 9.95. The summed E-state index contributed by atoms with van der Waals surface area (Å²) in [6, 6.07) is 10.1. The molecule has 2 heterocycles. The van der Waals surface area contributed by atoms with E-state index in [1.807, 2.05) is 53.8 Å². The van der Waals surface area contributed by atoms with Crippen LogP contribution in [0.5, 0.6) is 11.5 Å². The van der Waals surface area contributed by atoms with Gasteiger partial charge in [0.1, 0.15) is 17.5 Å². The lowest BCUT2D eigenvalue weighted by Gasteiger charge is -2.26. The lowest BCUT2D eigenvalue weighted by Crippen LogP contribution is -2.40. The normalized spacial score (nSPS) is 15.6. The highest BCUT2D eigenvalue weighted by atomic mass is 127. The maximum absolute atomic E-state index is 13.8. The number of benzene rings is 2. The van der Waals surface area contributed by atoms with Crippen molar-refractivity contribution in [3.63, 3.8) is 0 Å². The van der Waals surface area contributed by atoms with Crippen molar-refractivity contribution >= 4 is 61.9 Å². The van der Waals surface area contributed by atoms with Gasteiger partial charge >= 0.3 is 5.97 Å². The summed E-state index contributed by atoms with van der Waals surface area (Å²) in [6.07, 6.45) is 1.64. The zero-order chi connectivity index (χ0) is 25.3. The molecule has 1 aromatic heterocycles. The molecule has 0 amide bonds. The van der Waals surface area contributed by atoms with E-state index >= 15 is 0 Å². The quantitative estimate of drug-likeness (QED) is 0.313. The first-order chi connectivity index (χ1) is 16.8. The molecular weight excluding hydrogens is 647 g/mol. The number of phenols is 1. The Morgan fingerprint density at radius 2 is 2.03 bits per heavy atom. The number of thiazole rings is 1. The van der Waals surface area contributed by atoms with Gasteiger partial charge in [0, 0.05) is 15.6 Å². The van der Waals surface area contributed by atoms with Crippen LogP contribution >= 0.6 is 49.9 Å². The van der Waals surface area contributed by atoms with E-state index < -0.39 is 12.0 Å². The molecule has 10 heteroatoms. The SMILES string of the molecule is CCOC(=O)C1=C(C)N=c2s/c(=C\c3cc(Br)cc(I)c3O)c(=O)n2[C@H]1c1ccccc1OCC. The minimum atomic E-state index is -0.772. The predicted octanol–water partition coefficient (Wildman–Crippen LogP) is 4.27. The van der Waals surface area contributed by atoms with Crippen LogP contribution in [0.25, 0.3) is 6.08 Å². The molecule has 1 aliphatic rings. The van der Waals surface area contributed by atoms with Gasteiger partial charge in [0.15, 0.2) is 4.80 Å². The van der Waals surface area contributed by atoms with Gasteiger partial charge in [-0.1, -0.05) is 45.5 Å². The van der Waals surface area contributed by atoms with Gasteiger partial charge < -0.3 is 14.6 Å². The van der Waals surface area contributed by atoms with E-state index in [2.05, 4.69) is 20.9 Å². The van der Waals surface area contributed by atoms with E-state index in [4.69, 9.17) is 9.47 Å². The van der Waals surface area contributed by atoms with E-state index in [-0.39, 0.29) is 23.5 Å². The van der Waals surface area contributed by atoms with Gasteiger partial charge in [-0.05, 0) is 67.6 Å². The molecule has 7 nitrogen and oxygen atoms in total. The number of fused-ring (bicyclic) bond motifs is 1. The van der Waals surface area contributed by atoms with E-state index in [0.29, 0.717) is 42.1 Å². The van der Waals surface area contributed by atoms with Crippen LogP contribution in [0.3, 0.4) is 0 Å². The standard InChI is InChI=1S/C25H22BrIN2O5S/c1-4-33-18-9-7-6-8-16(18)21-20(24(32)34-5-2)13(3)28-25-29(21)23(31)19(35-25)11-14-10-15(26)12-17(27)22(14)30/h6-12,21,30H,4-5H2,1-3H3/b19-11-/t21-/m0/s1. The van der Waals surface area contributed by atoms with Gasteiger partial charge in [-0.3, -0.25) is 9.36 Å². The Hall–Kier alpha value is -2.44. The molecule has 0 bridgehead atoms. The highest BCUT2D eigenvalue weighted by molar-refractivity contribution is 14.1. The molecule has 1 atom stereocenters. The zero-order valence-electron chi connectivity index (χ0n) is 19.2. The highest BCUT2D eigenvalue weighted by Gasteiger charge is 2.35. The van der Waals surface area contributed by atoms with Crippen LogP contribution < -0.4 is 19.6 Å². The maximum Gasteiger partial charge on any atom is 0.338 e. The Bertz CT molecular complexity index is 1530. The number of ether oxygens (including phenoxy) is 2. The van der Waals surface area contributed by atoms with Crippen LogP contribution in [0.2, 0.25) is 0 Å². The second-order valence-electron chi connectivity index (χ2n) is 7.60. The van der Waals surface area contributed by atoms with Gasteiger partial charge in [-0.15, -0.1) is 0 Å². The molecule has 4 rings (SSSR count). The summed E-state index contributed by atoms with van der Waals surface area (Å²) in [4.78, 5) is 31.9. The average Bonchev–Trinajstić information content (AvgIpc) is 3.11.